The van der Waals surface area contributed by atoms with Crippen molar-refractivity contribution in [2.45, 2.75) is 30.0 Å². The Hall–Kier alpha value is -1.63. The number of rotatable bonds is 5. The zero-order valence-electron chi connectivity index (χ0n) is 9.25. The lowest BCUT2D eigenvalue weighted by atomic mass is 10.2. The highest BCUT2D eigenvalue weighted by atomic mass is 32.2. The number of fused-ring (bicyclic) bond motifs is 1. The van der Waals surface area contributed by atoms with Crippen molar-refractivity contribution < 1.29 is 9.90 Å². The van der Waals surface area contributed by atoms with Crippen LogP contribution in [0.5, 0.6) is 0 Å². The van der Waals surface area contributed by atoms with E-state index >= 15 is 0 Å². The van der Waals surface area contributed by atoms with Gasteiger partial charge in [0.15, 0.2) is 5.65 Å². The molecule has 0 fully saturated rings. The van der Waals surface area contributed by atoms with Gasteiger partial charge in [-0.05, 0) is 6.42 Å². The Morgan fingerprint density at radius 3 is 3.06 bits per heavy atom. The first-order valence-electron chi connectivity index (χ1n) is 5.26. The molecule has 0 saturated heterocycles. The van der Waals surface area contributed by atoms with Crippen LogP contribution < -0.4 is 0 Å². The Balaban J connectivity index is 2.27. The first-order chi connectivity index (χ1) is 8.22. The molecule has 0 aliphatic heterocycles. The summed E-state index contributed by atoms with van der Waals surface area (Å²) in [6.45, 7) is 1.96. The summed E-state index contributed by atoms with van der Waals surface area (Å²) < 4.78 is 0. The lowest BCUT2D eigenvalue weighted by molar-refractivity contribution is -0.136. The number of carboxylic acid groups (broad SMARTS) is 1. The number of nitrogens with one attached hydrogen (secondary N) is 1. The average molecular weight is 252 g/mol. The van der Waals surface area contributed by atoms with E-state index in [1.165, 1.54) is 24.4 Å². The van der Waals surface area contributed by atoms with Crippen molar-refractivity contribution in [1.82, 2.24) is 19.9 Å². The minimum Gasteiger partial charge on any atom is -0.480 e. The summed E-state index contributed by atoms with van der Waals surface area (Å²) in [5.74, 6) is -0.817. The molecule has 2 aromatic heterocycles. The second kappa shape index (κ2) is 5.13. The fraction of sp³-hybridized carbons (Fsp3) is 0.400. The molecule has 7 heteroatoms. The molecule has 0 unspecified atom stereocenters. The Bertz CT molecular complexity index is 528. The van der Waals surface area contributed by atoms with E-state index in [1.54, 1.807) is 0 Å². The number of hydrogen-bond donors (Lipinski definition) is 2. The molecule has 0 amide bonds. The van der Waals surface area contributed by atoms with Crippen LogP contribution in [-0.4, -0.2) is 36.3 Å². The quantitative estimate of drug-likeness (QED) is 0.621. The first-order valence-corrected chi connectivity index (χ1v) is 6.14. The van der Waals surface area contributed by atoms with Crippen molar-refractivity contribution in [3.05, 3.63) is 12.7 Å². The highest BCUT2D eigenvalue weighted by molar-refractivity contribution is 8.00. The van der Waals surface area contributed by atoms with Crippen LogP contribution in [0.2, 0.25) is 0 Å². The van der Waals surface area contributed by atoms with Crippen LogP contribution >= 0.6 is 11.8 Å². The third-order valence-electron chi connectivity index (χ3n) is 2.27. The van der Waals surface area contributed by atoms with E-state index in [2.05, 4.69) is 19.9 Å². The summed E-state index contributed by atoms with van der Waals surface area (Å²) in [5, 5.41) is 9.25. The molecule has 0 radical (unpaired) electrons. The van der Waals surface area contributed by atoms with Gasteiger partial charge in [-0.15, -0.1) is 0 Å². The van der Waals surface area contributed by atoms with E-state index in [4.69, 9.17) is 5.11 Å². The second-order valence-electron chi connectivity index (χ2n) is 3.51. The Kier molecular flexibility index (Phi) is 3.58. The molecule has 2 rings (SSSR count). The Morgan fingerprint density at radius 2 is 2.35 bits per heavy atom. The zero-order chi connectivity index (χ0) is 12.3. The number of nitrogens with zero attached hydrogens (tertiary/aromatic N) is 3. The smallest absolute Gasteiger partial charge is 0.317 e. The molecular formula is C10H12N4O2S. The molecule has 2 aromatic rings. The van der Waals surface area contributed by atoms with Crippen LogP contribution in [0.1, 0.15) is 19.8 Å². The minimum atomic E-state index is -0.817. The molecule has 0 bridgehead atoms. The van der Waals surface area contributed by atoms with E-state index in [-0.39, 0.29) is 0 Å². The van der Waals surface area contributed by atoms with Crippen LogP contribution in [0, 0.1) is 0 Å². The zero-order valence-corrected chi connectivity index (χ0v) is 10.1. The van der Waals surface area contributed by atoms with Gasteiger partial charge in [0, 0.05) is 0 Å². The molecule has 0 aliphatic rings. The van der Waals surface area contributed by atoms with E-state index in [1.807, 2.05) is 6.92 Å². The maximum absolute atomic E-state index is 11.1. The van der Waals surface area contributed by atoms with Gasteiger partial charge in [-0.25, -0.2) is 15.0 Å². The van der Waals surface area contributed by atoms with E-state index in [0.717, 1.165) is 6.42 Å². The highest BCUT2D eigenvalue weighted by Crippen LogP contribution is 2.28. The van der Waals surface area contributed by atoms with Gasteiger partial charge in [0.1, 0.15) is 22.1 Å². The number of aliphatic carboxylic acids is 1. The van der Waals surface area contributed by atoms with Crippen molar-refractivity contribution in [2.75, 3.05) is 0 Å². The van der Waals surface area contributed by atoms with Gasteiger partial charge in [0.05, 0.1) is 6.33 Å². The van der Waals surface area contributed by atoms with E-state index < -0.39 is 11.2 Å². The van der Waals surface area contributed by atoms with Crippen LogP contribution in [0.15, 0.2) is 17.7 Å². The van der Waals surface area contributed by atoms with Crippen molar-refractivity contribution >= 4 is 28.9 Å². The highest BCUT2D eigenvalue weighted by Gasteiger charge is 2.20. The molecule has 0 spiro atoms. The SMILES string of the molecule is CCC[C@H](Sc1ncnc2nc[nH]c12)C(=O)O. The lowest BCUT2D eigenvalue weighted by Gasteiger charge is -2.09. The minimum absolute atomic E-state index is 0.485. The summed E-state index contributed by atoms with van der Waals surface area (Å²) in [6.07, 6.45) is 4.36. The van der Waals surface area contributed by atoms with Crippen molar-refractivity contribution in [2.24, 2.45) is 0 Å². The number of imidazole rings is 1. The summed E-state index contributed by atoms with van der Waals surface area (Å²) in [6, 6.07) is 0. The van der Waals surface area contributed by atoms with Gasteiger partial charge in [-0.1, -0.05) is 25.1 Å². The Labute approximate surface area is 102 Å². The largest absolute Gasteiger partial charge is 0.480 e. The Morgan fingerprint density at radius 1 is 1.53 bits per heavy atom. The molecule has 90 valence electrons. The first kappa shape index (κ1) is 11.8. The van der Waals surface area contributed by atoms with Crippen LogP contribution in [0.4, 0.5) is 0 Å². The summed E-state index contributed by atoms with van der Waals surface area (Å²) in [4.78, 5) is 26.1. The predicted octanol–water partition coefficient (Wildman–Crippen LogP) is 1.70. The monoisotopic (exact) mass is 252 g/mol. The number of thioether (sulfide) groups is 1. The molecule has 0 aliphatic carbocycles. The number of H-pyrrole nitrogens is 1. The van der Waals surface area contributed by atoms with Crippen molar-refractivity contribution in [3.8, 4) is 0 Å². The maximum Gasteiger partial charge on any atom is 0.317 e. The van der Waals surface area contributed by atoms with Gasteiger partial charge < -0.3 is 10.1 Å². The van der Waals surface area contributed by atoms with Gasteiger partial charge >= 0.3 is 5.97 Å². The molecule has 0 saturated carbocycles. The average Bonchev–Trinajstić information content (AvgIpc) is 2.77. The van der Waals surface area contributed by atoms with Gasteiger partial charge in [-0.2, -0.15) is 0 Å². The lowest BCUT2D eigenvalue weighted by Crippen LogP contribution is -2.16. The van der Waals surface area contributed by atoms with Crippen LogP contribution in [0.25, 0.3) is 11.2 Å². The van der Waals surface area contributed by atoms with Crippen LogP contribution in [-0.2, 0) is 4.79 Å². The van der Waals surface area contributed by atoms with Gasteiger partial charge in [0.2, 0.25) is 0 Å². The molecule has 2 heterocycles. The normalized spacial score (nSPS) is 12.8. The molecule has 2 N–H and O–H groups in total. The maximum atomic E-state index is 11.1. The predicted molar refractivity (Wildman–Crippen MR) is 63.9 cm³/mol. The van der Waals surface area contributed by atoms with E-state index in [9.17, 15) is 4.79 Å². The molecule has 1 atom stereocenters. The number of aromatic amines is 1. The summed E-state index contributed by atoms with van der Waals surface area (Å²) in [7, 11) is 0. The van der Waals surface area contributed by atoms with Gasteiger partial charge in [0.25, 0.3) is 0 Å². The standard InChI is InChI=1S/C10H12N4O2S/c1-2-3-6(10(15)16)17-9-7-8(12-4-11-7)13-5-14-9/h4-6H,2-3H2,1H3,(H,15,16)(H,11,12,13,14)/t6-/m0/s1. The van der Waals surface area contributed by atoms with E-state index in [0.29, 0.717) is 22.6 Å². The van der Waals surface area contributed by atoms with Gasteiger partial charge in [-0.3, -0.25) is 4.79 Å². The van der Waals surface area contributed by atoms with Crippen molar-refractivity contribution in [3.63, 3.8) is 0 Å². The molecule has 17 heavy (non-hydrogen) atoms. The number of carbonyl (C=O) groups is 1. The fourth-order valence-corrected chi connectivity index (χ4v) is 2.56. The van der Waals surface area contributed by atoms with Crippen molar-refractivity contribution in [1.29, 1.82) is 0 Å². The summed E-state index contributed by atoms with van der Waals surface area (Å²) >= 11 is 1.23. The third-order valence-corrected chi connectivity index (χ3v) is 3.52. The topological polar surface area (TPSA) is 91.8 Å². The molecular weight excluding hydrogens is 240 g/mol. The second-order valence-corrected chi connectivity index (χ2v) is 4.70. The third kappa shape index (κ3) is 2.55. The number of carboxylic acids is 1. The number of aromatic nitrogens is 4. The molecule has 6 nitrogen and oxygen atoms in total. The number of hydrogen-bond acceptors (Lipinski definition) is 5. The summed E-state index contributed by atoms with van der Waals surface area (Å²) in [5.41, 5.74) is 1.25. The van der Waals surface area contributed by atoms with Crippen LogP contribution in [0.3, 0.4) is 0 Å². The fourth-order valence-electron chi connectivity index (χ4n) is 1.46. The molecule has 0 aromatic carbocycles.